The van der Waals surface area contributed by atoms with Gasteiger partial charge in [0, 0.05) is 48.6 Å². The molecule has 1 N–H and O–H groups in total. The number of hydrogen-bond acceptors (Lipinski definition) is 2. The second kappa shape index (κ2) is 8.03. The van der Waals surface area contributed by atoms with Gasteiger partial charge in [-0.3, -0.25) is 9.59 Å². The number of carbonyl (C=O) groups excluding carboxylic acids is 2. The first-order chi connectivity index (χ1) is 13.6. The van der Waals surface area contributed by atoms with Gasteiger partial charge in [0.2, 0.25) is 5.91 Å². The van der Waals surface area contributed by atoms with E-state index >= 15 is 0 Å². The molecule has 1 aliphatic rings. The Morgan fingerprint density at radius 1 is 1.04 bits per heavy atom. The Bertz CT molecular complexity index is 1050. The lowest BCUT2D eigenvalue weighted by Gasteiger charge is -2.26. The summed E-state index contributed by atoms with van der Waals surface area (Å²) in [5.41, 5.74) is 3.97. The van der Waals surface area contributed by atoms with Crippen LogP contribution in [0.1, 0.15) is 35.2 Å². The molecule has 0 bridgehead atoms. The molecular weight excluding hydrogens is 372 g/mol. The van der Waals surface area contributed by atoms with Gasteiger partial charge in [-0.1, -0.05) is 60.1 Å². The zero-order valence-electron chi connectivity index (χ0n) is 15.5. The number of carbonyl (C=O) groups is 2. The Balaban J connectivity index is 1.39. The maximum Gasteiger partial charge on any atom is 0.223 e. The zero-order chi connectivity index (χ0) is 19.5. The van der Waals surface area contributed by atoms with Gasteiger partial charge in [0.05, 0.1) is 10.5 Å². The van der Waals surface area contributed by atoms with E-state index in [0.717, 1.165) is 22.9 Å². The van der Waals surface area contributed by atoms with E-state index in [0.29, 0.717) is 23.7 Å². The highest BCUT2D eigenvalue weighted by molar-refractivity contribution is 6.35. The predicted molar refractivity (Wildman–Crippen MR) is 112 cm³/mol. The number of Topliss-reactive ketones (excluding diaryl/α,β-unsaturated/α-hetero) is 1. The fourth-order valence-electron chi connectivity index (χ4n) is 3.67. The first-order valence-corrected chi connectivity index (χ1v) is 9.82. The molecule has 0 atom stereocenters. The lowest BCUT2D eigenvalue weighted by molar-refractivity contribution is -0.130. The molecule has 4 rings (SSSR count). The Kier molecular flexibility index (Phi) is 5.31. The number of halogens is 1. The van der Waals surface area contributed by atoms with Crippen molar-refractivity contribution in [1.29, 1.82) is 0 Å². The van der Waals surface area contributed by atoms with Crippen LogP contribution < -0.4 is 0 Å². The number of benzene rings is 2. The molecule has 1 aliphatic heterocycles. The van der Waals surface area contributed by atoms with Crippen LogP contribution in [-0.4, -0.2) is 34.7 Å². The summed E-state index contributed by atoms with van der Waals surface area (Å²) in [6.07, 6.45) is 5.37. The summed E-state index contributed by atoms with van der Waals surface area (Å²) >= 11 is 6.25. The molecule has 0 unspecified atom stereocenters. The van der Waals surface area contributed by atoms with Gasteiger partial charge in [0.25, 0.3) is 0 Å². The molecule has 1 amide bonds. The number of nitrogens with one attached hydrogen (secondary N) is 1. The fraction of sp³-hybridized carbons (Fsp3) is 0.217. The number of nitrogens with zero attached hydrogens (tertiary/aromatic N) is 1. The van der Waals surface area contributed by atoms with E-state index in [9.17, 15) is 9.59 Å². The lowest BCUT2D eigenvalue weighted by Crippen LogP contribution is -2.34. The van der Waals surface area contributed by atoms with E-state index in [-0.39, 0.29) is 24.5 Å². The minimum Gasteiger partial charge on any atom is -0.359 e. The topological polar surface area (TPSA) is 53.2 Å². The molecule has 28 heavy (non-hydrogen) atoms. The monoisotopic (exact) mass is 392 g/mol. The number of para-hydroxylation sites is 1. The average molecular weight is 393 g/mol. The fourth-order valence-corrected chi connectivity index (χ4v) is 3.90. The summed E-state index contributed by atoms with van der Waals surface area (Å²) < 4.78 is 0. The predicted octanol–water partition coefficient (Wildman–Crippen LogP) is 5.10. The normalized spacial score (nSPS) is 14.2. The van der Waals surface area contributed by atoms with Crippen LogP contribution in [0.4, 0.5) is 0 Å². The maximum absolute atomic E-state index is 12.5. The Labute approximate surface area is 168 Å². The van der Waals surface area contributed by atoms with Crippen molar-refractivity contribution >= 4 is 39.8 Å². The molecule has 0 fully saturated rings. The number of aromatic amines is 1. The third-order valence-electron chi connectivity index (χ3n) is 5.23. The summed E-state index contributed by atoms with van der Waals surface area (Å²) in [4.78, 5) is 29.8. The van der Waals surface area contributed by atoms with Crippen LogP contribution in [0.5, 0.6) is 0 Å². The molecule has 0 saturated carbocycles. The van der Waals surface area contributed by atoms with Gasteiger partial charge >= 0.3 is 0 Å². The van der Waals surface area contributed by atoms with Crippen LogP contribution in [0.2, 0.25) is 5.02 Å². The van der Waals surface area contributed by atoms with Gasteiger partial charge in [-0.05, 0) is 18.1 Å². The first-order valence-electron chi connectivity index (χ1n) is 9.44. The number of amides is 1. The molecule has 142 valence electrons. The van der Waals surface area contributed by atoms with E-state index in [1.54, 1.807) is 12.1 Å². The van der Waals surface area contributed by atoms with E-state index in [4.69, 9.17) is 11.6 Å². The van der Waals surface area contributed by atoms with Crippen LogP contribution in [0.25, 0.3) is 16.5 Å². The summed E-state index contributed by atoms with van der Waals surface area (Å²) in [5, 5.41) is 1.81. The summed E-state index contributed by atoms with van der Waals surface area (Å²) in [6.45, 7) is 1.23. The second-order valence-corrected chi connectivity index (χ2v) is 7.38. The SMILES string of the molecule is O=C(CCC(=O)N1CC=C(c2c[nH]c3c(Cl)cccc23)CC1)c1ccccc1. The smallest absolute Gasteiger partial charge is 0.223 e. The van der Waals surface area contributed by atoms with Crippen molar-refractivity contribution in [2.75, 3.05) is 13.1 Å². The van der Waals surface area contributed by atoms with Gasteiger partial charge in [0.15, 0.2) is 5.78 Å². The Morgan fingerprint density at radius 3 is 2.61 bits per heavy atom. The molecule has 0 aliphatic carbocycles. The van der Waals surface area contributed by atoms with Gasteiger partial charge in [0.1, 0.15) is 0 Å². The van der Waals surface area contributed by atoms with Crippen LogP contribution >= 0.6 is 11.6 Å². The summed E-state index contributed by atoms with van der Waals surface area (Å²) in [6, 6.07) is 15.0. The van der Waals surface area contributed by atoms with E-state index < -0.39 is 0 Å². The minimum absolute atomic E-state index is 0.0119. The van der Waals surface area contributed by atoms with Crippen molar-refractivity contribution in [3.63, 3.8) is 0 Å². The minimum atomic E-state index is 0.0119. The number of ketones is 1. The molecule has 2 heterocycles. The van der Waals surface area contributed by atoms with Gasteiger partial charge in [-0.25, -0.2) is 0 Å². The van der Waals surface area contributed by atoms with Crippen molar-refractivity contribution in [2.24, 2.45) is 0 Å². The number of hydrogen-bond donors (Lipinski definition) is 1. The summed E-state index contributed by atoms with van der Waals surface area (Å²) in [7, 11) is 0. The Hall–Kier alpha value is -2.85. The van der Waals surface area contributed by atoms with Crippen LogP contribution in [0.3, 0.4) is 0 Å². The third kappa shape index (κ3) is 3.73. The zero-order valence-corrected chi connectivity index (χ0v) is 16.2. The van der Waals surface area contributed by atoms with Gasteiger partial charge in [-0.15, -0.1) is 0 Å². The second-order valence-electron chi connectivity index (χ2n) is 6.97. The molecule has 2 aromatic carbocycles. The van der Waals surface area contributed by atoms with Gasteiger partial charge < -0.3 is 9.88 Å². The third-order valence-corrected chi connectivity index (χ3v) is 5.55. The van der Waals surface area contributed by atoms with E-state index in [2.05, 4.69) is 17.1 Å². The standard InChI is InChI=1S/C23H21ClN2O2/c24-20-8-4-7-18-19(15-25-23(18)20)16-11-13-26(14-12-16)22(28)10-9-21(27)17-5-2-1-3-6-17/h1-8,11,15,25H,9-10,12-14H2. The highest BCUT2D eigenvalue weighted by Gasteiger charge is 2.20. The molecular formula is C23H21ClN2O2. The molecule has 0 spiro atoms. The van der Waals surface area contributed by atoms with Gasteiger partial charge in [-0.2, -0.15) is 0 Å². The Morgan fingerprint density at radius 2 is 1.86 bits per heavy atom. The number of rotatable bonds is 5. The van der Waals surface area contributed by atoms with Crippen molar-refractivity contribution < 1.29 is 9.59 Å². The van der Waals surface area contributed by atoms with Crippen molar-refractivity contribution in [3.8, 4) is 0 Å². The summed E-state index contributed by atoms with van der Waals surface area (Å²) in [5.74, 6) is 0.0411. The van der Waals surface area contributed by atoms with Crippen LogP contribution in [0, 0.1) is 0 Å². The highest BCUT2D eigenvalue weighted by Crippen LogP contribution is 2.32. The highest BCUT2D eigenvalue weighted by atomic mass is 35.5. The molecule has 5 heteroatoms. The van der Waals surface area contributed by atoms with Crippen LogP contribution in [0.15, 0.2) is 60.8 Å². The first kappa shape index (κ1) is 18.5. The van der Waals surface area contributed by atoms with Crippen LogP contribution in [-0.2, 0) is 4.79 Å². The average Bonchev–Trinajstić information content (AvgIpc) is 3.18. The molecule has 3 aromatic rings. The molecule has 0 saturated heterocycles. The number of H-pyrrole nitrogens is 1. The van der Waals surface area contributed by atoms with Crippen molar-refractivity contribution in [1.82, 2.24) is 9.88 Å². The maximum atomic E-state index is 12.5. The van der Waals surface area contributed by atoms with E-state index in [1.165, 1.54) is 5.57 Å². The largest absolute Gasteiger partial charge is 0.359 e. The lowest BCUT2D eigenvalue weighted by atomic mass is 9.98. The number of fused-ring (bicyclic) bond motifs is 1. The molecule has 0 radical (unpaired) electrons. The van der Waals surface area contributed by atoms with E-state index in [1.807, 2.05) is 41.4 Å². The van der Waals surface area contributed by atoms with Crippen molar-refractivity contribution in [3.05, 3.63) is 77.0 Å². The molecule has 4 nitrogen and oxygen atoms in total. The number of aromatic nitrogens is 1. The molecule has 1 aromatic heterocycles. The quantitative estimate of drug-likeness (QED) is 0.614. The van der Waals surface area contributed by atoms with Crippen molar-refractivity contribution in [2.45, 2.75) is 19.3 Å².